The molecule has 1 heterocycles. The number of aryl methyl sites for hydroxylation is 1. The highest BCUT2D eigenvalue weighted by Gasteiger charge is 2.33. The summed E-state index contributed by atoms with van der Waals surface area (Å²) >= 11 is 0. The molecule has 1 aromatic heterocycles. The van der Waals surface area contributed by atoms with Gasteiger partial charge in [-0.25, -0.2) is 13.1 Å². The summed E-state index contributed by atoms with van der Waals surface area (Å²) < 4.78 is 34.1. The molecule has 2 aliphatic carbocycles. The molecule has 2 fully saturated rings. The Labute approximate surface area is 276 Å². The van der Waals surface area contributed by atoms with Crippen LogP contribution in [0.25, 0.3) is 11.1 Å². The highest BCUT2D eigenvalue weighted by atomic mass is 32.2. The van der Waals surface area contributed by atoms with E-state index in [1.165, 1.54) is 11.1 Å². The van der Waals surface area contributed by atoms with Gasteiger partial charge in [-0.2, -0.15) is 5.10 Å². The number of nitrogens with zero attached hydrogens (tertiary/aromatic N) is 3. The zero-order chi connectivity index (χ0) is 32.8. The number of hydrogen-bond acceptors (Lipinski definition) is 5. The predicted octanol–water partition coefficient (Wildman–Crippen LogP) is 7.50. The molecular formula is C37H52N4O4S. The first-order valence-electron chi connectivity index (χ1n) is 17.1. The number of hydrogen-bond donors (Lipinski definition) is 1. The van der Waals surface area contributed by atoms with E-state index in [1.54, 1.807) is 14.0 Å². The van der Waals surface area contributed by atoms with Crippen molar-refractivity contribution in [2.24, 2.45) is 17.8 Å². The Hall–Kier alpha value is -3.17. The van der Waals surface area contributed by atoms with Gasteiger partial charge in [-0.15, -0.1) is 0 Å². The molecule has 3 aromatic rings. The van der Waals surface area contributed by atoms with Gasteiger partial charge >= 0.3 is 0 Å². The number of sulfonamides is 1. The highest BCUT2D eigenvalue weighted by Crippen LogP contribution is 2.39. The fraction of sp³-hybridized carbons (Fsp3) is 0.568. The Morgan fingerprint density at radius 2 is 1.72 bits per heavy atom. The normalized spacial score (nSPS) is 22.1. The van der Waals surface area contributed by atoms with E-state index in [4.69, 9.17) is 4.74 Å². The van der Waals surface area contributed by atoms with Gasteiger partial charge in [-0.05, 0) is 132 Å². The van der Waals surface area contributed by atoms with Crippen LogP contribution in [0.5, 0.6) is 5.75 Å². The molecule has 0 spiro atoms. The summed E-state index contributed by atoms with van der Waals surface area (Å²) in [4.78, 5) is 16.4. The summed E-state index contributed by atoms with van der Waals surface area (Å²) in [6.45, 7) is 9.18. The van der Waals surface area contributed by atoms with E-state index in [-0.39, 0.29) is 29.5 Å². The monoisotopic (exact) mass is 648 g/mol. The number of carbonyl (C=O) groups excluding carboxylic acids is 1. The van der Waals surface area contributed by atoms with Crippen molar-refractivity contribution in [3.05, 3.63) is 66.0 Å². The topological polar surface area (TPSA) is 93.5 Å². The number of aromatic nitrogens is 2. The molecule has 250 valence electrons. The van der Waals surface area contributed by atoms with E-state index in [9.17, 15) is 13.2 Å². The van der Waals surface area contributed by atoms with Crippen molar-refractivity contribution in [2.45, 2.75) is 91.0 Å². The lowest BCUT2D eigenvalue weighted by atomic mass is 9.77. The second-order valence-corrected chi connectivity index (χ2v) is 15.8. The van der Waals surface area contributed by atoms with Crippen molar-refractivity contribution in [1.82, 2.24) is 14.5 Å². The molecule has 1 N–H and O–H groups in total. The lowest BCUT2D eigenvalue weighted by molar-refractivity contribution is -0.123. The van der Waals surface area contributed by atoms with Crippen LogP contribution in [-0.2, 0) is 14.8 Å². The van der Waals surface area contributed by atoms with E-state index in [1.807, 2.05) is 10.9 Å². The molecule has 0 bridgehead atoms. The van der Waals surface area contributed by atoms with Crippen LogP contribution in [0, 0.1) is 24.7 Å². The highest BCUT2D eigenvalue weighted by molar-refractivity contribution is 7.89. The van der Waals surface area contributed by atoms with Crippen LogP contribution in [0.3, 0.4) is 0 Å². The van der Waals surface area contributed by atoms with E-state index in [2.05, 4.69) is 84.2 Å². The van der Waals surface area contributed by atoms with Crippen LogP contribution >= 0.6 is 0 Å². The van der Waals surface area contributed by atoms with E-state index in [0.717, 1.165) is 80.5 Å². The predicted molar refractivity (Wildman–Crippen MR) is 186 cm³/mol. The second-order valence-electron chi connectivity index (χ2n) is 13.7. The van der Waals surface area contributed by atoms with Crippen molar-refractivity contribution in [3.8, 4) is 16.9 Å². The molecule has 2 saturated carbocycles. The van der Waals surface area contributed by atoms with Gasteiger partial charge in [0.15, 0.2) is 0 Å². The number of ether oxygens (including phenoxy) is 1. The zero-order valence-corrected chi connectivity index (χ0v) is 29.1. The molecule has 0 radical (unpaired) electrons. The number of rotatable bonds is 12. The number of amides is 1. The van der Waals surface area contributed by atoms with Crippen LogP contribution in [-0.4, -0.2) is 50.1 Å². The van der Waals surface area contributed by atoms with Gasteiger partial charge in [0.1, 0.15) is 5.75 Å². The van der Waals surface area contributed by atoms with E-state index in [0.29, 0.717) is 18.4 Å². The first kappa shape index (κ1) is 34.2. The third kappa shape index (κ3) is 8.40. The Bertz CT molecular complexity index is 1570. The molecule has 0 atom stereocenters. The maximum absolute atomic E-state index is 14.4. The summed E-state index contributed by atoms with van der Waals surface area (Å²) in [5, 5.41) is 4.54. The third-order valence-electron chi connectivity index (χ3n) is 10.2. The van der Waals surface area contributed by atoms with Crippen LogP contribution in [0.15, 0.2) is 54.9 Å². The van der Waals surface area contributed by atoms with Gasteiger partial charge < -0.3 is 9.64 Å². The van der Waals surface area contributed by atoms with Gasteiger partial charge in [0.05, 0.1) is 19.1 Å². The smallest absolute Gasteiger partial charge is 0.230 e. The standard InChI is InChI=1S/C37H52N4O4S/c1-6-46(43,44)39-22-28-10-16-31(17-11-28)37(42)40(35-9-7-8-32(21-35)34-23-38-41(25-34)26(2)3)24-29-12-14-30(15-13-29)33-18-19-36(45-5)27(4)20-33/h7-9,18-21,23,25-26,28-31,39H,6,10-17,22,24H2,1-5H3/t28-,29-,30-,31-. The largest absolute Gasteiger partial charge is 0.496 e. The van der Waals surface area contributed by atoms with Crippen molar-refractivity contribution in [2.75, 3.05) is 30.9 Å². The molecule has 1 amide bonds. The molecule has 2 aromatic carbocycles. The number of carbonyl (C=O) groups is 1. The van der Waals surface area contributed by atoms with Crippen LogP contribution in [0.4, 0.5) is 5.69 Å². The summed E-state index contributed by atoms with van der Waals surface area (Å²) in [6, 6.07) is 15.2. The minimum atomic E-state index is -3.21. The first-order chi connectivity index (χ1) is 22.1. The van der Waals surface area contributed by atoms with Crippen molar-refractivity contribution < 1.29 is 17.9 Å². The number of anilines is 1. The Morgan fingerprint density at radius 3 is 2.35 bits per heavy atom. The van der Waals surface area contributed by atoms with Gasteiger partial charge in [0.2, 0.25) is 15.9 Å². The van der Waals surface area contributed by atoms with E-state index < -0.39 is 10.0 Å². The molecule has 9 heteroatoms. The molecular weight excluding hydrogens is 596 g/mol. The quantitative estimate of drug-likeness (QED) is 0.220. The van der Waals surface area contributed by atoms with Gasteiger partial charge in [-0.3, -0.25) is 9.48 Å². The first-order valence-corrected chi connectivity index (χ1v) is 18.8. The van der Waals surface area contributed by atoms with Gasteiger partial charge in [0, 0.05) is 42.5 Å². The summed E-state index contributed by atoms with van der Waals surface area (Å²) in [5.74, 6) is 2.42. The molecule has 46 heavy (non-hydrogen) atoms. The molecule has 5 rings (SSSR count). The van der Waals surface area contributed by atoms with E-state index >= 15 is 0 Å². The second kappa shape index (κ2) is 15.2. The number of methoxy groups -OCH3 is 1. The number of nitrogens with one attached hydrogen (secondary N) is 1. The fourth-order valence-corrected chi connectivity index (χ4v) is 7.91. The average Bonchev–Trinajstić information content (AvgIpc) is 3.58. The lowest BCUT2D eigenvalue weighted by Gasteiger charge is -2.36. The summed E-state index contributed by atoms with van der Waals surface area (Å²) in [6.07, 6.45) is 11.7. The molecule has 0 aliphatic heterocycles. The lowest BCUT2D eigenvalue weighted by Crippen LogP contribution is -2.42. The Kier molecular flexibility index (Phi) is 11.3. The zero-order valence-electron chi connectivity index (χ0n) is 28.2. The molecule has 0 unspecified atom stereocenters. The maximum Gasteiger partial charge on any atom is 0.230 e. The molecule has 2 aliphatic rings. The minimum absolute atomic E-state index is 0.0509. The van der Waals surface area contributed by atoms with Gasteiger partial charge in [-0.1, -0.05) is 24.3 Å². The van der Waals surface area contributed by atoms with Gasteiger partial charge in [0.25, 0.3) is 0 Å². The third-order valence-corrected chi connectivity index (χ3v) is 11.6. The maximum atomic E-state index is 14.4. The van der Waals surface area contributed by atoms with Crippen molar-refractivity contribution >= 4 is 21.6 Å². The summed E-state index contributed by atoms with van der Waals surface area (Å²) in [5.41, 5.74) is 5.62. The van der Waals surface area contributed by atoms with Crippen LogP contribution in [0.2, 0.25) is 0 Å². The molecule has 0 saturated heterocycles. The summed E-state index contributed by atoms with van der Waals surface area (Å²) in [7, 11) is -1.49. The van der Waals surface area contributed by atoms with Crippen LogP contribution in [0.1, 0.15) is 95.2 Å². The fourth-order valence-electron chi connectivity index (χ4n) is 7.22. The average molecular weight is 649 g/mol. The Balaban J connectivity index is 1.31. The van der Waals surface area contributed by atoms with Crippen molar-refractivity contribution in [3.63, 3.8) is 0 Å². The minimum Gasteiger partial charge on any atom is -0.496 e. The SMILES string of the molecule is CCS(=O)(=O)NC[C@H]1CC[C@H](C(=O)N(C[C@H]2CC[C@H](c3ccc(OC)c(C)c3)CC2)c2cccc(-c3cnn(C(C)C)c3)c2)CC1. The molecule has 8 nitrogen and oxygen atoms in total. The number of benzene rings is 2. The van der Waals surface area contributed by atoms with Crippen molar-refractivity contribution in [1.29, 1.82) is 0 Å². The van der Waals surface area contributed by atoms with Crippen LogP contribution < -0.4 is 14.4 Å². The Morgan fingerprint density at radius 1 is 1.00 bits per heavy atom.